The van der Waals surface area contributed by atoms with E-state index < -0.39 is 11.8 Å². The van der Waals surface area contributed by atoms with E-state index in [0.717, 1.165) is 5.56 Å². The third-order valence-electron chi connectivity index (χ3n) is 4.91. The van der Waals surface area contributed by atoms with E-state index in [0.29, 0.717) is 44.3 Å². The van der Waals surface area contributed by atoms with Gasteiger partial charge in [0.2, 0.25) is 0 Å². The minimum atomic E-state index is -0.932. The predicted octanol–water partition coefficient (Wildman–Crippen LogP) is 5.07. The Morgan fingerprint density at radius 1 is 0.886 bits per heavy atom. The number of carbonyl (C=O) groups is 2. The highest BCUT2D eigenvalue weighted by Gasteiger charge is 2.16. The molecule has 3 aromatic carbocycles. The van der Waals surface area contributed by atoms with E-state index in [2.05, 4.69) is 15.8 Å². The van der Waals surface area contributed by atoms with Gasteiger partial charge in [-0.25, -0.2) is 5.43 Å². The van der Waals surface area contributed by atoms with Gasteiger partial charge in [0.05, 0.1) is 25.6 Å². The van der Waals surface area contributed by atoms with Crippen LogP contribution in [0.2, 0.25) is 10.0 Å². The summed E-state index contributed by atoms with van der Waals surface area (Å²) in [6, 6.07) is 17.1. The number of rotatable bonds is 8. The molecule has 0 aromatic heterocycles. The number of nitrogens with zero attached hydrogens (tertiary/aromatic N) is 1. The molecule has 0 radical (unpaired) electrons. The van der Waals surface area contributed by atoms with Crippen molar-refractivity contribution in [2.45, 2.75) is 13.5 Å². The maximum atomic E-state index is 12.3. The molecule has 0 aliphatic rings. The lowest BCUT2D eigenvalue weighted by molar-refractivity contribution is -0.136. The van der Waals surface area contributed by atoms with Gasteiger partial charge >= 0.3 is 11.8 Å². The Bertz CT molecular complexity index is 1230. The van der Waals surface area contributed by atoms with Gasteiger partial charge in [0.15, 0.2) is 0 Å². The van der Waals surface area contributed by atoms with Gasteiger partial charge in [-0.05, 0) is 61.0 Å². The van der Waals surface area contributed by atoms with Crippen LogP contribution in [0.4, 0.5) is 5.69 Å². The molecule has 0 saturated heterocycles. The molecule has 2 N–H and O–H groups in total. The highest BCUT2D eigenvalue weighted by atomic mass is 35.5. The molecule has 0 bridgehead atoms. The standard InChI is InChI=1S/C25H23Cl2N3O5/c1-15(16-7-9-17(10-8-16)35-14-19-20(26)5-4-6-21(19)27)29-30-25(32)24(31)28-22-12-11-18(33-2)13-23(22)34-3/h4-13H,14H2,1-3H3,(H,28,31)(H,30,32)/b29-15+. The Morgan fingerprint density at radius 3 is 2.17 bits per heavy atom. The van der Waals surface area contributed by atoms with Crippen LogP contribution in [0.3, 0.4) is 0 Å². The van der Waals surface area contributed by atoms with E-state index in [1.54, 1.807) is 67.6 Å². The van der Waals surface area contributed by atoms with Gasteiger partial charge < -0.3 is 19.5 Å². The topological polar surface area (TPSA) is 98.2 Å². The maximum Gasteiger partial charge on any atom is 0.329 e. The SMILES string of the molecule is COc1ccc(NC(=O)C(=O)N/N=C(\C)c2ccc(OCc3c(Cl)cccc3Cl)cc2)c(OC)c1. The molecule has 0 aliphatic carbocycles. The average Bonchev–Trinajstić information content (AvgIpc) is 2.87. The summed E-state index contributed by atoms with van der Waals surface area (Å²) in [7, 11) is 2.96. The lowest BCUT2D eigenvalue weighted by Crippen LogP contribution is -2.33. The van der Waals surface area contributed by atoms with Crippen molar-refractivity contribution >= 4 is 46.4 Å². The zero-order valence-corrected chi connectivity index (χ0v) is 20.7. The number of benzene rings is 3. The monoisotopic (exact) mass is 515 g/mol. The summed E-state index contributed by atoms with van der Waals surface area (Å²) in [5.41, 5.74) is 4.49. The van der Waals surface area contributed by atoms with E-state index in [9.17, 15) is 9.59 Å². The molecule has 10 heteroatoms. The first kappa shape index (κ1) is 25.9. The van der Waals surface area contributed by atoms with Crippen molar-refractivity contribution in [3.05, 3.63) is 81.8 Å². The summed E-state index contributed by atoms with van der Waals surface area (Å²) in [5.74, 6) is -0.321. The Morgan fingerprint density at radius 2 is 1.54 bits per heavy atom. The van der Waals surface area contributed by atoms with Crippen LogP contribution < -0.4 is 25.0 Å². The highest BCUT2D eigenvalue weighted by molar-refractivity contribution is 6.39. The number of methoxy groups -OCH3 is 2. The van der Waals surface area contributed by atoms with Crippen LogP contribution in [0.15, 0.2) is 65.8 Å². The molecule has 0 spiro atoms. The van der Waals surface area contributed by atoms with Gasteiger partial charge in [-0.15, -0.1) is 0 Å². The fourth-order valence-electron chi connectivity index (χ4n) is 2.95. The summed E-state index contributed by atoms with van der Waals surface area (Å²) in [6.07, 6.45) is 0. The lowest BCUT2D eigenvalue weighted by atomic mass is 10.1. The van der Waals surface area contributed by atoms with Crippen molar-refractivity contribution in [2.75, 3.05) is 19.5 Å². The molecule has 3 rings (SSSR count). The Hall–Kier alpha value is -3.75. The summed E-state index contributed by atoms with van der Waals surface area (Å²) < 4.78 is 16.1. The number of ether oxygens (including phenoxy) is 3. The minimum Gasteiger partial charge on any atom is -0.497 e. The number of amides is 2. The number of anilines is 1. The second-order valence-electron chi connectivity index (χ2n) is 7.17. The fraction of sp³-hybridized carbons (Fsp3) is 0.160. The molecule has 0 atom stereocenters. The second kappa shape index (κ2) is 12.1. The summed E-state index contributed by atoms with van der Waals surface area (Å²) >= 11 is 12.3. The van der Waals surface area contributed by atoms with Crippen LogP contribution in [0.25, 0.3) is 0 Å². The summed E-state index contributed by atoms with van der Waals surface area (Å²) in [6.45, 7) is 1.92. The zero-order chi connectivity index (χ0) is 25.4. The molecule has 8 nitrogen and oxygen atoms in total. The van der Waals surface area contributed by atoms with Crippen molar-refractivity contribution in [2.24, 2.45) is 5.10 Å². The van der Waals surface area contributed by atoms with E-state index in [1.165, 1.54) is 14.2 Å². The van der Waals surface area contributed by atoms with E-state index >= 15 is 0 Å². The normalized spacial score (nSPS) is 10.9. The molecule has 2 amide bonds. The van der Waals surface area contributed by atoms with Crippen molar-refractivity contribution in [1.29, 1.82) is 0 Å². The zero-order valence-electron chi connectivity index (χ0n) is 19.2. The largest absolute Gasteiger partial charge is 0.497 e. The molecular formula is C25H23Cl2N3O5. The van der Waals surface area contributed by atoms with Gasteiger partial charge in [0, 0.05) is 21.7 Å². The van der Waals surface area contributed by atoms with Crippen LogP contribution >= 0.6 is 23.2 Å². The smallest absolute Gasteiger partial charge is 0.329 e. The first-order chi connectivity index (χ1) is 16.8. The van der Waals surface area contributed by atoms with Gasteiger partial charge in [0.25, 0.3) is 0 Å². The van der Waals surface area contributed by atoms with E-state index in [1.807, 2.05) is 0 Å². The van der Waals surface area contributed by atoms with Crippen LogP contribution in [-0.4, -0.2) is 31.7 Å². The molecule has 0 saturated carbocycles. The number of hydrogen-bond donors (Lipinski definition) is 2. The Balaban J connectivity index is 1.57. The van der Waals surface area contributed by atoms with Crippen LogP contribution in [0.5, 0.6) is 17.2 Å². The number of hydrogen-bond acceptors (Lipinski definition) is 6. The highest BCUT2D eigenvalue weighted by Crippen LogP contribution is 2.29. The Kier molecular flexibility index (Phi) is 8.94. The number of halogens is 2. The number of hydrazone groups is 1. The average molecular weight is 516 g/mol. The first-order valence-electron chi connectivity index (χ1n) is 10.4. The molecule has 0 unspecified atom stereocenters. The third kappa shape index (κ3) is 6.88. The number of carbonyl (C=O) groups excluding carboxylic acids is 2. The van der Waals surface area contributed by atoms with Crippen LogP contribution in [-0.2, 0) is 16.2 Å². The molecule has 35 heavy (non-hydrogen) atoms. The molecule has 3 aromatic rings. The molecular weight excluding hydrogens is 493 g/mol. The molecule has 0 aliphatic heterocycles. The van der Waals surface area contributed by atoms with Crippen molar-refractivity contribution in [3.63, 3.8) is 0 Å². The third-order valence-corrected chi connectivity index (χ3v) is 5.61. The lowest BCUT2D eigenvalue weighted by Gasteiger charge is -2.11. The number of nitrogens with one attached hydrogen (secondary N) is 2. The first-order valence-corrected chi connectivity index (χ1v) is 11.1. The van der Waals surface area contributed by atoms with Crippen molar-refractivity contribution < 1.29 is 23.8 Å². The maximum absolute atomic E-state index is 12.3. The molecule has 182 valence electrons. The summed E-state index contributed by atoms with van der Waals surface area (Å²) in [5, 5.41) is 7.55. The second-order valence-corrected chi connectivity index (χ2v) is 7.99. The van der Waals surface area contributed by atoms with E-state index in [4.69, 9.17) is 37.4 Å². The predicted molar refractivity (Wildman–Crippen MR) is 136 cm³/mol. The van der Waals surface area contributed by atoms with Gasteiger partial charge in [-0.1, -0.05) is 29.3 Å². The van der Waals surface area contributed by atoms with E-state index in [-0.39, 0.29) is 6.61 Å². The summed E-state index contributed by atoms with van der Waals surface area (Å²) in [4.78, 5) is 24.4. The quantitative estimate of drug-likeness (QED) is 0.248. The van der Waals surface area contributed by atoms with Crippen LogP contribution in [0, 0.1) is 0 Å². The fourth-order valence-corrected chi connectivity index (χ4v) is 3.46. The molecule has 0 fully saturated rings. The van der Waals surface area contributed by atoms with Gasteiger partial charge in [-0.2, -0.15) is 5.10 Å². The van der Waals surface area contributed by atoms with Gasteiger partial charge in [-0.3, -0.25) is 9.59 Å². The van der Waals surface area contributed by atoms with Gasteiger partial charge in [0.1, 0.15) is 23.9 Å². The van der Waals surface area contributed by atoms with Crippen LogP contribution in [0.1, 0.15) is 18.1 Å². The Labute approximate surface area is 212 Å². The minimum absolute atomic E-state index is 0.217. The van der Waals surface area contributed by atoms with Crippen molar-refractivity contribution in [3.8, 4) is 17.2 Å². The van der Waals surface area contributed by atoms with Crippen molar-refractivity contribution in [1.82, 2.24) is 5.43 Å². The molecule has 0 heterocycles.